The molecule has 0 atom stereocenters. The summed E-state index contributed by atoms with van der Waals surface area (Å²) in [5, 5.41) is 0.366. The highest BCUT2D eigenvalue weighted by molar-refractivity contribution is 5.87. The zero-order chi connectivity index (χ0) is 32.5. The van der Waals surface area contributed by atoms with E-state index >= 15 is 4.39 Å². The number of H-pyrrole nitrogens is 1. The van der Waals surface area contributed by atoms with Gasteiger partial charge in [-0.25, -0.2) is 14.4 Å². The van der Waals surface area contributed by atoms with Gasteiger partial charge in [0.25, 0.3) is 0 Å². The van der Waals surface area contributed by atoms with E-state index in [4.69, 9.17) is 29.3 Å². The standard InChI is InChI=1S/C25H27FN4O3/c1-16-12-17-19(29-16)6-7-21(24(17)26)33-25-18-13-22(31-2)23(14-20(18)27-15-28-25)32-11-5-10-30-8-3-4-9-30/h6-7,12-15,29H,3-5,8-11H2,1-2H3/i2D3,5D2,8D2,9D2,10D2. The van der Waals surface area contributed by atoms with Crippen molar-refractivity contribution in [3.05, 3.63) is 48.2 Å². The summed E-state index contributed by atoms with van der Waals surface area (Å²) in [5.74, 6) is -1.81. The van der Waals surface area contributed by atoms with E-state index in [0.29, 0.717) is 5.52 Å². The Morgan fingerprint density at radius 2 is 2.03 bits per heavy atom. The summed E-state index contributed by atoms with van der Waals surface area (Å²) >= 11 is 0. The number of nitrogens with one attached hydrogen (secondary N) is 1. The Bertz CT molecular complexity index is 1710. The molecule has 2 aromatic heterocycles. The second-order valence-corrected chi connectivity index (χ2v) is 7.22. The van der Waals surface area contributed by atoms with E-state index in [-0.39, 0.29) is 51.4 Å². The van der Waals surface area contributed by atoms with Crippen LogP contribution in [0, 0.1) is 12.7 Å². The Kier molecular flexibility index (Phi) is 3.41. The van der Waals surface area contributed by atoms with Crippen LogP contribution in [0.3, 0.4) is 0 Å². The first kappa shape index (κ1) is 12.2. The van der Waals surface area contributed by atoms with Gasteiger partial charge in [0.1, 0.15) is 6.33 Å². The number of fused-ring (bicyclic) bond motifs is 2. The van der Waals surface area contributed by atoms with Gasteiger partial charge in [-0.05, 0) is 63.4 Å². The quantitative estimate of drug-likeness (QED) is 0.388. The molecule has 0 spiro atoms. The molecule has 3 heterocycles. The van der Waals surface area contributed by atoms with Gasteiger partial charge in [0, 0.05) is 40.1 Å². The summed E-state index contributed by atoms with van der Waals surface area (Å²) in [6.07, 6.45) is -2.64. The maximum absolute atomic E-state index is 15.2. The minimum absolute atomic E-state index is 0.0839. The van der Waals surface area contributed by atoms with Gasteiger partial charge in [0.2, 0.25) is 5.88 Å². The zero-order valence-electron chi connectivity index (χ0n) is 28.5. The minimum Gasteiger partial charge on any atom is -0.493 e. The molecule has 1 N–H and O–H groups in total. The van der Waals surface area contributed by atoms with Gasteiger partial charge in [-0.3, -0.25) is 0 Å². The van der Waals surface area contributed by atoms with Crippen LogP contribution in [0.25, 0.3) is 21.8 Å². The zero-order valence-corrected chi connectivity index (χ0v) is 17.5. The average Bonchev–Trinajstić information content (AvgIpc) is 3.38. The second kappa shape index (κ2) is 9.23. The normalized spacial score (nSPS) is 23.5. The van der Waals surface area contributed by atoms with E-state index in [2.05, 4.69) is 15.0 Å². The van der Waals surface area contributed by atoms with E-state index in [1.807, 2.05) is 0 Å². The van der Waals surface area contributed by atoms with Gasteiger partial charge in [-0.1, -0.05) is 0 Å². The van der Waals surface area contributed by atoms with Crippen molar-refractivity contribution in [3.63, 3.8) is 0 Å². The number of hydrogen-bond acceptors (Lipinski definition) is 6. The number of hydrogen-bond donors (Lipinski definition) is 1. The highest BCUT2D eigenvalue weighted by Crippen LogP contribution is 2.37. The van der Waals surface area contributed by atoms with E-state index in [0.717, 1.165) is 18.1 Å². The number of rotatable bonds is 8. The van der Waals surface area contributed by atoms with Gasteiger partial charge in [0.15, 0.2) is 23.1 Å². The monoisotopic (exact) mass is 461 g/mol. The number of likely N-dealkylation sites (tertiary alicyclic amines) is 1. The Morgan fingerprint density at radius 1 is 1.15 bits per heavy atom. The molecular weight excluding hydrogens is 423 g/mol. The van der Waals surface area contributed by atoms with Crippen LogP contribution in [0.2, 0.25) is 0 Å². The maximum Gasteiger partial charge on any atom is 0.230 e. The molecule has 8 heteroatoms. The van der Waals surface area contributed by atoms with E-state index in [1.165, 1.54) is 12.1 Å². The van der Waals surface area contributed by atoms with Crippen molar-refractivity contribution in [1.82, 2.24) is 19.9 Å². The van der Waals surface area contributed by atoms with Crippen molar-refractivity contribution in [2.45, 2.75) is 26.1 Å². The molecule has 0 unspecified atom stereocenters. The number of aromatic amines is 1. The topological polar surface area (TPSA) is 72.5 Å². The Hall–Kier alpha value is -3.39. The van der Waals surface area contributed by atoms with Crippen molar-refractivity contribution in [1.29, 1.82) is 0 Å². The highest BCUT2D eigenvalue weighted by Gasteiger charge is 2.17. The molecule has 5 rings (SSSR count). The molecule has 0 bridgehead atoms. The lowest BCUT2D eigenvalue weighted by Crippen LogP contribution is -2.21. The maximum atomic E-state index is 15.2. The molecule has 0 radical (unpaired) electrons. The number of methoxy groups -OCH3 is 1. The van der Waals surface area contributed by atoms with Crippen LogP contribution in [-0.4, -0.2) is 53.0 Å². The fraction of sp³-hybridized carbons (Fsp3) is 0.360. The van der Waals surface area contributed by atoms with Crippen molar-refractivity contribution in [3.8, 4) is 23.1 Å². The summed E-state index contributed by atoms with van der Waals surface area (Å²) < 4.78 is 120. The summed E-state index contributed by atoms with van der Waals surface area (Å²) in [6.45, 7) is -7.51. The summed E-state index contributed by atoms with van der Waals surface area (Å²) in [5.41, 5.74) is 1.38. The van der Waals surface area contributed by atoms with Gasteiger partial charge in [-0.15, -0.1) is 0 Å². The predicted octanol–water partition coefficient (Wildman–Crippen LogP) is 5.22. The number of halogens is 1. The summed E-state index contributed by atoms with van der Waals surface area (Å²) in [4.78, 5) is 11.4. The molecule has 1 fully saturated rings. The van der Waals surface area contributed by atoms with E-state index in [9.17, 15) is 0 Å². The number of nitrogens with zero attached hydrogens (tertiary/aromatic N) is 3. The lowest BCUT2D eigenvalue weighted by molar-refractivity contribution is 0.254. The van der Waals surface area contributed by atoms with Gasteiger partial charge in [-0.2, -0.15) is 0 Å². The van der Waals surface area contributed by atoms with Crippen LogP contribution < -0.4 is 14.2 Å². The molecule has 7 nitrogen and oxygen atoms in total. The molecule has 0 amide bonds. The molecule has 2 aromatic carbocycles. The summed E-state index contributed by atoms with van der Waals surface area (Å²) in [7, 11) is -3.01. The number of ether oxygens (including phenoxy) is 3. The number of benzene rings is 2. The van der Waals surface area contributed by atoms with Crippen LogP contribution in [0.4, 0.5) is 4.39 Å². The van der Waals surface area contributed by atoms with E-state index < -0.39 is 51.1 Å². The van der Waals surface area contributed by atoms with Crippen LogP contribution >= 0.6 is 0 Å². The molecule has 0 aliphatic carbocycles. The predicted molar refractivity (Wildman–Crippen MR) is 125 cm³/mol. The molecule has 33 heavy (non-hydrogen) atoms. The number of aromatic nitrogens is 3. The van der Waals surface area contributed by atoms with Crippen molar-refractivity contribution in [2.24, 2.45) is 0 Å². The third kappa shape index (κ3) is 4.43. The lowest BCUT2D eigenvalue weighted by atomic mass is 10.2. The first-order chi connectivity index (χ1) is 20.2. The molecule has 1 saturated heterocycles. The van der Waals surface area contributed by atoms with E-state index in [1.54, 1.807) is 19.1 Å². The lowest BCUT2D eigenvalue weighted by Gasteiger charge is -2.16. The first-order valence-electron chi connectivity index (χ1n) is 15.6. The molecule has 172 valence electrons. The second-order valence-electron chi connectivity index (χ2n) is 7.22. The molecule has 1 aliphatic rings. The fourth-order valence-corrected chi connectivity index (χ4v) is 3.48. The number of aryl methyl sites for hydroxylation is 1. The third-order valence-electron chi connectivity index (χ3n) is 4.97. The average molecular weight is 462 g/mol. The smallest absolute Gasteiger partial charge is 0.230 e. The highest BCUT2D eigenvalue weighted by atomic mass is 19.1. The Labute approximate surface area is 206 Å². The first-order valence-corrected chi connectivity index (χ1v) is 10.1. The van der Waals surface area contributed by atoms with Crippen molar-refractivity contribution < 1.29 is 33.7 Å². The van der Waals surface area contributed by atoms with Gasteiger partial charge in [0.05, 0.1) is 28.7 Å². The fourth-order valence-electron chi connectivity index (χ4n) is 3.48. The summed E-state index contributed by atoms with van der Waals surface area (Å²) in [6, 6.07) is 6.94. The third-order valence-corrected chi connectivity index (χ3v) is 4.97. The minimum atomic E-state index is -3.20. The van der Waals surface area contributed by atoms with Crippen LogP contribution in [0.1, 0.15) is 40.0 Å². The molecule has 0 saturated carbocycles. The Balaban J connectivity index is 1.50. The molecule has 1 aliphatic heterocycles. The van der Waals surface area contributed by atoms with Crippen LogP contribution in [0.15, 0.2) is 36.7 Å². The molecular formula is C25H27FN4O3. The van der Waals surface area contributed by atoms with Crippen molar-refractivity contribution in [2.75, 3.05) is 33.1 Å². The van der Waals surface area contributed by atoms with Gasteiger partial charge < -0.3 is 24.1 Å². The van der Waals surface area contributed by atoms with Crippen LogP contribution in [0.5, 0.6) is 23.1 Å². The van der Waals surface area contributed by atoms with Crippen LogP contribution in [-0.2, 0) is 0 Å². The van der Waals surface area contributed by atoms with Crippen molar-refractivity contribution >= 4 is 21.8 Å². The van der Waals surface area contributed by atoms with Gasteiger partial charge >= 0.3 is 0 Å². The Morgan fingerprint density at radius 3 is 2.88 bits per heavy atom. The SMILES string of the molecule is [2H]C([2H])([2H])Oc1cc2c(Oc3ccc4[nH]c(C)cc4c3F)ncnc2cc1OCC([2H])([2H])C([2H])([2H])N1C([2H])([2H])CCC1([2H])[2H]. The molecule has 4 aromatic rings. The largest absolute Gasteiger partial charge is 0.493 e.